The third-order valence-electron chi connectivity index (χ3n) is 3.07. The number of nitrogens with zero attached hydrogens (tertiary/aromatic N) is 1. The van der Waals surface area contributed by atoms with Crippen molar-refractivity contribution in [2.45, 2.75) is 19.6 Å². The fourth-order valence-electron chi connectivity index (χ4n) is 2.16. The molecule has 5 heteroatoms. The zero-order valence-corrected chi connectivity index (χ0v) is 13.3. The van der Waals surface area contributed by atoms with E-state index in [4.69, 9.17) is 22.1 Å². The number of hydrogen-bond acceptors (Lipinski definition) is 4. The van der Waals surface area contributed by atoms with Gasteiger partial charge in [-0.1, -0.05) is 17.7 Å². The Morgan fingerprint density at radius 2 is 2.05 bits per heavy atom. The number of methoxy groups -OCH3 is 1. The van der Waals surface area contributed by atoms with E-state index in [1.165, 1.54) is 10.4 Å². The van der Waals surface area contributed by atoms with E-state index < -0.39 is 0 Å². The van der Waals surface area contributed by atoms with Gasteiger partial charge in [0.15, 0.2) is 0 Å². The normalized spacial score (nSPS) is 11.1. The second-order valence-electron chi connectivity index (χ2n) is 4.73. The molecule has 0 aliphatic carbocycles. The van der Waals surface area contributed by atoms with E-state index in [1.54, 1.807) is 18.4 Å². The largest absolute Gasteiger partial charge is 0.496 e. The lowest BCUT2D eigenvalue weighted by Gasteiger charge is -2.17. The molecule has 2 N–H and O–H groups in total. The van der Waals surface area contributed by atoms with Crippen LogP contribution in [-0.2, 0) is 19.6 Å². The summed E-state index contributed by atoms with van der Waals surface area (Å²) in [6, 6.07) is 10.2. The van der Waals surface area contributed by atoms with Crippen molar-refractivity contribution in [3.05, 3.63) is 50.7 Å². The molecule has 0 atom stereocenters. The molecule has 0 radical (unpaired) electrons. The molecule has 1 aromatic heterocycles. The third kappa shape index (κ3) is 3.96. The minimum absolute atomic E-state index is 0.487. The van der Waals surface area contributed by atoms with Gasteiger partial charge in [0, 0.05) is 30.1 Å². The number of rotatable bonds is 6. The average molecular weight is 311 g/mol. The molecule has 0 saturated carbocycles. The number of benzene rings is 1. The van der Waals surface area contributed by atoms with Crippen LogP contribution in [0.25, 0.3) is 0 Å². The van der Waals surface area contributed by atoms with E-state index in [2.05, 4.69) is 30.1 Å². The Bertz CT molecular complexity index is 571. The van der Waals surface area contributed by atoms with Crippen molar-refractivity contribution in [3.8, 4) is 5.75 Å². The van der Waals surface area contributed by atoms with E-state index in [9.17, 15) is 0 Å². The third-order valence-corrected chi connectivity index (χ3v) is 4.29. The van der Waals surface area contributed by atoms with Crippen LogP contribution in [0.1, 0.15) is 16.0 Å². The molecule has 0 unspecified atom stereocenters. The molecule has 0 amide bonds. The summed E-state index contributed by atoms with van der Waals surface area (Å²) >= 11 is 7.57. The molecule has 2 aromatic rings. The maximum Gasteiger partial charge on any atom is 0.123 e. The van der Waals surface area contributed by atoms with Crippen molar-refractivity contribution in [1.82, 2.24) is 4.90 Å². The van der Waals surface area contributed by atoms with Gasteiger partial charge in [0.1, 0.15) is 5.75 Å². The molecule has 2 rings (SSSR count). The van der Waals surface area contributed by atoms with Gasteiger partial charge in [0.05, 0.1) is 11.4 Å². The first-order chi connectivity index (χ1) is 9.62. The van der Waals surface area contributed by atoms with E-state index in [0.717, 1.165) is 28.7 Å². The highest BCUT2D eigenvalue weighted by Gasteiger charge is 2.07. The van der Waals surface area contributed by atoms with Crippen LogP contribution in [0.4, 0.5) is 0 Å². The van der Waals surface area contributed by atoms with Crippen molar-refractivity contribution in [1.29, 1.82) is 0 Å². The number of halogens is 1. The molecular formula is C15H19ClN2OS. The second-order valence-corrected chi connectivity index (χ2v) is 6.53. The molecule has 0 aliphatic rings. The topological polar surface area (TPSA) is 38.5 Å². The van der Waals surface area contributed by atoms with Crippen molar-refractivity contribution < 1.29 is 4.74 Å². The fourth-order valence-corrected chi connectivity index (χ4v) is 3.33. The Hall–Kier alpha value is -1.07. The van der Waals surface area contributed by atoms with Crippen molar-refractivity contribution in [3.63, 3.8) is 0 Å². The molecule has 0 saturated heterocycles. The lowest BCUT2D eigenvalue weighted by molar-refractivity contribution is 0.321. The van der Waals surface area contributed by atoms with Crippen LogP contribution in [-0.4, -0.2) is 19.1 Å². The Kier molecular flexibility index (Phi) is 5.43. The first-order valence-corrected chi connectivity index (χ1v) is 7.60. The summed E-state index contributed by atoms with van der Waals surface area (Å²) in [5.74, 6) is 0.851. The van der Waals surface area contributed by atoms with Crippen molar-refractivity contribution in [2.75, 3.05) is 14.2 Å². The van der Waals surface area contributed by atoms with Gasteiger partial charge in [0.2, 0.25) is 0 Å². The standard InChI is InChI=1S/C15H19ClN2OS/c1-18(10-13-4-6-15(16)20-13)9-11-3-5-14(19-2)12(7-11)8-17/h3-7H,8-10,17H2,1-2H3. The van der Waals surface area contributed by atoms with E-state index >= 15 is 0 Å². The average Bonchev–Trinajstić information content (AvgIpc) is 2.83. The molecule has 0 fully saturated rings. The minimum Gasteiger partial charge on any atom is -0.496 e. The van der Waals surface area contributed by atoms with E-state index in [0.29, 0.717) is 6.54 Å². The van der Waals surface area contributed by atoms with Crippen LogP contribution in [0, 0.1) is 0 Å². The highest BCUT2D eigenvalue weighted by Crippen LogP contribution is 2.24. The van der Waals surface area contributed by atoms with Crippen LogP contribution < -0.4 is 10.5 Å². The second kappa shape index (κ2) is 7.09. The summed E-state index contributed by atoms with van der Waals surface area (Å²) in [5, 5.41) is 0. The highest BCUT2D eigenvalue weighted by molar-refractivity contribution is 7.16. The van der Waals surface area contributed by atoms with Gasteiger partial charge in [-0.05, 0) is 36.9 Å². The lowest BCUT2D eigenvalue weighted by Crippen LogP contribution is -2.16. The molecule has 20 heavy (non-hydrogen) atoms. The maximum atomic E-state index is 5.95. The van der Waals surface area contributed by atoms with Gasteiger partial charge in [-0.25, -0.2) is 0 Å². The molecule has 0 bridgehead atoms. The van der Waals surface area contributed by atoms with Crippen LogP contribution in [0.3, 0.4) is 0 Å². The van der Waals surface area contributed by atoms with Crippen LogP contribution in [0.2, 0.25) is 4.34 Å². The predicted molar refractivity (Wildman–Crippen MR) is 85.4 cm³/mol. The predicted octanol–water partition coefficient (Wildman–Crippen LogP) is 3.50. The first-order valence-electron chi connectivity index (χ1n) is 6.41. The zero-order valence-electron chi connectivity index (χ0n) is 11.7. The Balaban J connectivity index is 2.02. The molecule has 1 aromatic carbocycles. The molecule has 3 nitrogen and oxygen atoms in total. The summed E-state index contributed by atoms with van der Waals surface area (Å²) < 4.78 is 6.12. The van der Waals surface area contributed by atoms with Crippen molar-refractivity contribution in [2.24, 2.45) is 5.73 Å². The van der Waals surface area contributed by atoms with Gasteiger partial charge in [0.25, 0.3) is 0 Å². The lowest BCUT2D eigenvalue weighted by atomic mass is 10.1. The van der Waals surface area contributed by atoms with Gasteiger partial charge in [-0.2, -0.15) is 0 Å². The molecule has 0 aliphatic heterocycles. The number of ether oxygens (including phenoxy) is 1. The van der Waals surface area contributed by atoms with Gasteiger partial charge in [-0.3, -0.25) is 4.90 Å². The highest BCUT2D eigenvalue weighted by atomic mass is 35.5. The minimum atomic E-state index is 0.487. The summed E-state index contributed by atoms with van der Waals surface area (Å²) in [6.45, 7) is 2.25. The number of hydrogen-bond donors (Lipinski definition) is 1. The van der Waals surface area contributed by atoms with Crippen LogP contribution >= 0.6 is 22.9 Å². The van der Waals surface area contributed by atoms with Crippen LogP contribution in [0.15, 0.2) is 30.3 Å². The number of nitrogens with two attached hydrogens (primary N) is 1. The molecule has 0 spiro atoms. The molecular weight excluding hydrogens is 292 g/mol. The monoisotopic (exact) mass is 310 g/mol. The maximum absolute atomic E-state index is 5.95. The molecule has 1 heterocycles. The van der Waals surface area contributed by atoms with Crippen molar-refractivity contribution >= 4 is 22.9 Å². The zero-order chi connectivity index (χ0) is 14.5. The summed E-state index contributed by atoms with van der Waals surface area (Å²) in [7, 11) is 3.76. The first kappa shape index (κ1) is 15.3. The Morgan fingerprint density at radius 3 is 2.65 bits per heavy atom. The SMILES string of the molecule is COc1ccc(CN(C)Cc2ccc(Cl)s2)cc1CN. The fraction of sp³-hybridized carbons (Fsp3) is 0.333. The number of thiophene rings is 1. The smallest absolute Gasteiger partial charge is 0.123 e. The Morgan fingerprint density at radius 1 is 1.25 bits per heavy atom. The van der Waals surface area contributed by atoms with Gasteiger partial charge < -0.3 is 10.5 Å². The quantitative estimate of drug-likeness (QED) is 0.887. The summed E-state index contributed by atoms with van der Waals surface area (Å²) in [5.41, 5.74) is 8.02. The van der Waals surface area contributed by atoms with E-state index in [-0.39, 0.29) is 0 Å². The van der Waals surface area contributed by atoms with Crippen LogP contribution in [0.5, 0.6) is 5.75 Å². The molecule has 108 valence electrons. The Labute approximate surface area is 128 Å². The summed E-state index contributed by atoms with van der Waals surface area (Å²) in [6.07, 6.45) is 0. The summed E-state index contributed by atoms with van der Waals surface area (Å²) in [4.78, 5) is 3.52. The van der Waals surface area contributed by atoms with Gasteiger partial charge in [-0.15, -0.1) is 11.3 Å². The van der Waals surface area contributed by atoms with Gasteiger partial charge >= 0.3 is 0 Å². The van der Waals surface area contributed by atoms with E-state index in [1.807, 2.05) is 12.1 Å².